The third-order valence-electron chi connectivity index (χ3n) is 8.42. The molecule has 0 spiro atoms. The maximum absolute atomic E-state index is 13.6. The summed E-state index contributed by atoms with van der Waals surface area (Å²) in [5.41, 5.74) is 2.41. The lowest BCUT2D eigenvalue weighted by Gasteiger charge is -2.45. The van der Waals surface area contributed by atoms with Crippen molar-refractivity contribution in [1.29, 1.82) is 0 Å². The van der Waals surface area contributed by atoms with E-state index in [0.29, 0.717) is 18.0 Å². The summed E-state index contributed by atoms with van der Waals surface area (Å²) in [7, 11) is 3.28. The number of hydrogen-bond donors (Lipinski definition) is 2. The summed E-state index contributed by atoms with van der Waals surface area (Å²) in [5, 5.41) is 5.69. The van der Waals surface area contributed by atoms with Crippen LogP contribution < -0.4 is 20.1 Å². The Morgan fingerprint density at radius 3 is 2.54 bits per heavy atom. The molecule has 2 N–H and O–H groups in total. The molecule has 2 fully saturated rings. The van der Waals surface area contributed by atoms with E-state index in [2.05, 4.69) is 33.7 Å². The summed E-state index contributed by atoms with van der Waals surface area (Å²) in [6.45, 7) is 5.60. The largest absolute Gasteiger partial charge is 0.493 e. The van der Waals surface area contributed by atoms with Gasteiger partial charge in [-0.25, -0.2) is 13.6 Å². The van der Waals surface area contributed by atoms with Gasteiger partial charge in [0.15, 0.2) is 23.1 Å². The molecule has 7 nitrogen and oxygen atoms in total. The molecule has 5 rings (SSSR count). The van der Waals surface area contributed by atoms with Crippen molar-refractivity contribution in [3.8, 4) is 11.5 Å². The number of aryl methyl sites for hydroxylation is 2. The Balaban J connectivity index is 1.38. The quantitative estimate of drug-likeness (QED) is 0.381. The van der Waals surface area contributed by atoms with E-state index in [1.807, 2.05) is 19.9 Å². The molecule has 1 aliphatic heterocycles. The Morgan fingerprint density at radius 2 is 1.85 bits per heavy atom. The maximum atomic E-state index is 13.6. The summed E-state index contributed by atoms with van der Waals surface area (Å²) in [5.74, 6) is 1.28. The van der Waals surface area contributed by atoms with Gasteiger partial charge in [0.05, 0.1) is 20.8 Å². The van der Waals surface area contributed by atoms with Gasteiger partial charge in [-0.15, -0.1) is 0 Å². The molecule has 2 amide bonds. The predicted octanol–water partition coefficient (Wildman–Crippen LogP) is 6.08. The standard InChI is InChI=1S/C30H35F2N3O4/c1-18-13-23(39-19(18)2)17-35-12-11-30(20-5-8-26(37-3)27(14-20)38-4)10-9-22(16-28(30)35)34-29(36)33-21-6-7-24(31)25(32)15-21/h5-8,13-15,22,28H,9-12,16-17H2,1-4H3,(H2,33,34,36)/t22-,28+,30-/m0/s1. The van der Waals surface area contributed by atoms with Crippen molar-refractivity contribution < 1.29 is 27.5 Å². The van der Waals surface area contributed by atoms with Crippen LogP contribution in [0.25, 0.3) is 0 Å². The van der Waals surface area contributed by atoms with Gasteiger partial charge >= 0.3 is 6.03 Å². The molecule has 1 aliphatic carbocycles. The fourth-order valence-corrected chi connectivity index (χ4v) is 6.30. The topological polar surface area (TPSA) is 76.0 Å². The number of halogens is 2. The highest BCUT2D eigenvalue weighted by Gasteiger charge is 2.52. The summed E-state index contributed by atoms with van der Waals surface area (Å²) in [4.78, 5) is 15.2. The molecule has 0 radical (unpaired) electrons. The summed E-state index contributed by atoms with van der Waals surface area (Å²) in [6.07, 6.45) is 3.36. The molecule has 3 aromatic rings. The highest BCUT2D eigenvalue weighted by molar-refractivity contribution is 5.89. The van der Waals surface area contributed by atoms with Gasteiger partial charge < -0.3 is 24.5 Å². The number of nitrogens with zero attached hydrogens (tertiary/aromatic N) is 1. The first kappa shape index (κ1) is 27.0. The zero-order chi connectivity index (χ0) is 27.7. The van der Waals surface area contributed by atoms with Crippen LogP contribution >= 0.6 is 0 Å². The smallest absolute Gasteiger partial charge is 0.319 e. The number of likely N-dealkylation sites (tertiary alicyclic amines) is 1. The molecule has 1 saturated carbocycles. The van der Waals surface area contributed by atoms with E-state index in [9.17, 15) is 13.6 Å². The second-order valence-electron chi connectivity index (χ2n) is 10.6. The van der Waals surface area contributed by atoms with E-state index in [0.717, 1.165) is 61.4 Å². The number of urea groups is 1. The molecular weight excluding hydrogens is 504 g/mol. The van der Waals surface area contributed by atoms with Crippen LogP contribution in [0.1, 0.15) is 48.3 Å². The summed E-state index contributed by atoms with van der Waals surface area (Å²) < 4.78 is 44.0. The highest BCUT2D eigenvalue weighted by Crippen LogP contribution is 2.50. The van der Waals surface area contributed by atoms with E-state index in [1.54, 1.807) is 14.2 Å². The molecule has 3 atom stereocenters. The number of amides is 2. The Morgan fingerprint density at radius 1 is 1.05 bits per heavy atom. The Labute approximate surface area is 227 Å². The minimum atomic E-state index is -1.00. The average molecular weight is 540 g/mol. The van der Waals surface area contributed by atoms with Gasteiger partial charge in [0.1, 0.15) is 11.5 Å². The van der Waals surface area contributed by atoms with Crippen molar-refractivity contribution in [2.24, 2.45) is 0 Å². The first-order valence-electron chi connectivity index (χ1n) is 13.3. The molecule has 1 saturated heterocycles. The zero-order valence-corrected chi connectivity index (χ0v) is 22.8. The normalized spacial score (nSPS) is 22.8. The number of furan rings is 1. The van der Waals surface area contributed by atoms with Gasteiger partial charge in [-0.3, -0.25) is 4.90 Å². The van der Waals surface area contributed by atoms with Gasteiger partial charge in [-0.05, 0) is 87.5 Å². The van der Waals surface area contributed by atoms with Gasteiger partial charge in [-0.1, -0.05) is 6.07 Å². The lowest BCUT2D eigenvalue weighted by Crippen LogP contribution is -2.52. The van der Waals surface area contributed by atoms with Crippen molar-refractivity contribution >= 4 is 11.7 Å². The number of carbonyl (C=O) groups is 1. The molecular formula is C30H35F2N3O4. The van der Waals surface area contributed by atoms with Gasteiger partial charge in [0, 0.05) is 29.3 Å². The first-order valence-corrected chi connectivity index (χ1v) is 13.3. The number of carbonyl (C=O) groups excluding carboxylic acids is 1. The minimum Gasteiger partial charge on any atom is -0.493 e. The van der Waals surface area contributed by atoms with E-state index in [1.165, 1.54) is 11.6 Å². The zero-order valence-electron chi connectivity index (χ0n) is 22.8. The molecule has 39 heavy (non-hydrogen) atoms. The van der Waals surface area contributed by atoms with Crippen molar-refractivity contribution in [2.45, 2.75) is 63.6 Å². The van der Waals surface area contributed by atoms with E-state index in [-0.39, 0.29) is 23.2 Å². The van der Waals surface area contributed by atoms with Crippen LogP contribution in [-0.4, -0.2) is 43.8 Å². The second-order valence-corrected chi connectivity index (χ2v) is 10.6. The summed E-state index contributed by atoms with van der Waals surface area (Å²) >= 11 is 0. The number of benzene rings is 2. The molecule has 208 valence electrons. The molecule has 1 aromatic heterocycles. The van der Waals surface area contributed by atoms with Crippen molar-refractivity contribution in [3.05, 3.63) is 76.7 Å². The minimum absolute atomic E-state index is 0.0887. The second kappa shape index (κ2) is 10.9. The van der Waals surface area contributed by atoms with Gasteiger partial charge in [0.25, 0.3) is 0 Å². The van der Waals surface area contributed by atoms with E-state index in [4.69, 9.17) is 13.9 Å². The molecule has 2 aromatic carbocycles. The molecule has 0 bridgehead atoms. The van der Waals surface area contributed by atoms with Gasteiger partial charge in [0.2, 0.25) is 0 Å². The van der Waals surface area contributed by atoms with Crippen LogP contribution in [-0.2, 0) is 12.0 Å². The van der Waals surface area contributed by atoms with Gasteiger partial charge in [-0.2, -0.15) is 0 Å². The number of rotatable bonds is 7. The SMILES string of the molecule is COc1ccc([C@@]23CC[C@H](NC(=O)Nc4ccc(F)c(F)c4)C[C@H]2N(Cc2cc(C)c(C)o2)CC3)cc1OC. The van der Waals surface area contributed by atoms with E-state index < -0.39 is 17.7 Å². The Hall–Kier alpha value is -3.59. The van der Waals surface area contributed by atoms with Crippen LogP contribution in [0.2, 0.25) is 0 Å². The van der Waals surface area contributed by atoms with Crippen LogP contribution in [0.4, 0.5) is 19.3 Å². The third-order valence-corrected chi connectivity index (χ3v) is 8.42. The third kappa shape index (κ3) is 5.32. The average Bonchev–Trinajstić information content (AvgIpc) is 3.44. The molecule has 2 aliphatic rings. The number of ether oxygens (including phenoxy) is 2. The molecule has 0 unspecified atom stereocenters. The lowest BCUT2D eigenvalue weighted by atomic mass is 9.65. The van der Waals surface area contributed by atoms with Crippen LogP contribution in [0, 0.1) is 25.5 Å². The van der Waals surface area contributed by atoms with Crippen LogP contribution in [0.15, 0.2) is 46.9 Å². The summed E-state index contributed by atoms with van der Waals surface area (Å²) in [6, 6.07) is 11.2. The lowest BCUT2D eigenvalue weighted by molar-refractivity contribution is 0.124. The van der Waals surface area contributed by atoms with Crippen LogP contribution in [0.3, 0.4) is 0 Å². The number of nitrogens with one attached hydrogen (secondary N) is 2. The van der Waals surface area contributed by atoms with Crippen molar-refractivity contribution in [1.82, 2.24) is 10.2 Å². The molecule has 9 heteroatoms. The first-order chi connectivity index (χ1) is 18.7. The fraction of sp³-hybridized carbons (Fsp3) is 0.433. The maximum Gasteiger partial charge on any atom is 0.319 e. The monoisotopic (exact) mass is 539 g/mol. The fourth-order valence-electron chi connectivity index (χ4n) is 6.30. The number of hydrogen-bond acceptors (Lipinski definition) is 5. The van der Waals surface area contributed by atoms with Crippen molar-refractivity contribution in [3.63, 3.8) is 0 Å². The predicted molar refractivity (Wildman–Crippen MR) is 144 cm³/mol. The number of anilines is 1. The van der Waals surface area contributed by atoms with Crippen molar-refractivity contribution in [2.75, 3.05) is 26.1 Å². The van der Waals surface area contributed by atoms with Crippen LogP contribution in [0.5, 0.6) is 11.5 Å². The number of methoxy groups -OCH3 is 2. The molecule has 2 heterocycles. The Kier molecular flexibility index (Phi) is 7.53. The Bertz CT molecular complexity index is 1340. The number of fused-ring (bicyclic) bond motifs is 1. The highest BCUT2D eigenvalue weighted by atomic mass is 19.2. The van der Waals surface area contributed by atoms with E-state index >= 15 is 0 Å².